The Hall–Kier alpha value is 1.37. The second kappa shape index (κ2) is 5.14. The first-order valence-corrected chi connectivity index (χ1v) is 5.96. The van der Waals surface area contributed by atoms with Gasteiger partial charge in [0.1, 0.15) is 0 Å². The van der Waals surface area contributed by atoms with Gasteiger partial charge in [-0.1, -0.05) is 6.92 Å². The van der Waals surface area contributed by atoms with E-state index in [1.165, 1.54) is 18.1 Å². The Balaban J connectivity index is 0.000000980. The van der Waals surface area contributed by atoms with Crippen LogP contribution in [0.2, 0.25) is 0 Å². The van der Waals surface area contributed by atoms with Gasteiger partial charge < -0.3 is 9.64 Å². The molecular formula is C10H18NOSY+2. The molecule has 0 saturated carbocycles. The fourth-order valence-corrected chi connectivity index (χ4v) is 3.58. The molecule has 0 aliphatic carbocycles. The van der Waals surface area contributed by atoms with Crippen LogP contribution in [0.5, 0.6) is 0 Å². The minimum atomic E-state index is 0. The van der Waals surface area contributed by atoms with E-state index in [-0.39, 0.29) is 37.6 Å². The maximum atomic E-state index is 5.96. The maximum absolute atomic E-state index is 5.96. The molecule has 14 heavy (non-hydrogen) atoms. The molecule has 4 heteroatoms. The zero-order valence-corrected chi connectivity index (χ0v) is 12.9. The first-order chi connectivity index (χ1) is 6.16. The number of hydrogen-bond donors (Lipinski definition) is 0. The van der Waals surface area contributed by atoms with Crippen molar-refractivity contribution in [1.29, 1.82) is 0 Å². The predicted octanol–water partition coefficient (Wildman–Crippen LogP) is 1.76. The van der Waals surface area contributed by atoms with Gasteiger partial charge in [0.25, 0.3) is 0 Å². The van der Waals surface area contributed by atoms with E-state index in [0.29, 0.717) is 6.04 Å². The fraction of sp³-hybridized carbons (Fsp3) is 0.900. The molecule has 2 saturated heterocycles. The van der Waals surface area contributed by atoms with Crippen LogP contribution in [0.15, 0.2) is 0 Å². The molecule has 2 fully saturated rings. The molecule has 2 nitrogen and oxygen atoms in total. The predicted molar refractivity (Wildman–Crippen MR) is 56.8 cm³/mol. The third-order valence-electron chi connectivity index (χ3n) is 3.31. The number of likely N-dealkylation sites (N-methyl/N-ethyl adjacent to an activating group) is 1. The van der Waals surface area contributed by atoms with Crippen molar-refractivity contribution in [3.63, 3.8) is 0 Å². The molecule has 0 aromatic rings. The third-order valence-corrected chi connectivity index (χ3v) is 4.83. The van der Waals surface area contributed by atoms with Crippen molar-refractivity contribution in [2.24, 2.45) is 0 Å². The maximum Gasteiger partial charge on any atom is 3.00 e. The molecule has 0 aromatic carbocycles. The van der Waals surface area contributed by atoms with Crippen LogP contribution < -0.4 is 0 Å². The van der Waals surface area contributed by atoms with Crippen LogP contribution in [0.3, 0.4) is 0 Å². The van der Waals surface area contributed by atoms with Crippen molar-refractivity contribution in [2.45, 2.75) is 31.2 Å². The second-order valence-corrected chi connectivity index (χ2v) is 5.43. The fourth-order valence-electron chi connectivity index (χ4n) is 2.13. The van der Waals surface area contributed by atoms with Crippen LogP contribution in [0.1, 0.15) is 20.3 Å². The van der Waals surface area contributed by atoms with Crippen molar-refractivity contribution >= 4 is 11.8 Å². The Bertz CT molecular complexity index is 197. The smallest absolute Gasteiger partial charge is 0.395 e. The summed E-state index contributed by atoms with van der Waals surface area (Å²) in [5, 5.41) is 0. The summed E-state index contributed by atoms with van der Waals surface area (Å²) in [6.07, 6.45) is 1.21. The van der Waals surface area contributed by atoms with Crippen LogP contribution in [0.25, 0.3) is 0 Å². The summed E-state index contributed by atoms with van der Waals surface area (Å²) < 4.78 is 5.96. The Kier molecular flexibility index (Phi) is 4.93. The Morgan fingerprint density at radius 1 is 1.57 bits per heavy atom. The SMILES string of the molecule is C[C-]1C(C)N(C)CC12OCCCS2.[Y+3]. The number of nitrogens with zero attached hydrogens (tertiary/aromatic N) is 1. The Morgan fingerprint density at radius 2 is 2.29 bits per heavy atom. The van der Waals surface area contributed by atoms with E-state index < -0.39 is 0 Å². The zero-order valence-electron chi connectivity index (χ0n) is 9.25. The molecule has 2 unspecified atom stereocenters. The van der Waals surface area contributed by atoms with Crippen molar-refractivity contribution < 1.29 is 37.4 Å². The second-order valence-electron chi connectivity index (χ2n) is 4.08. The molecule has 2 heterocycles. The van der Waals surface area contributed by atoms with E-state index in [0.717, 1.165) is 13.2 Å². The molecule has 2 aliphatic rings. The topological polar surface area (TPSA) is 12.5 Å². The van der Waals surface area contributed by atoms with Gasteiger partial charge in [0.15, 0.2) is 0 Å². The molecular weight excluding hydrogens is 271 g/mol. The molecule has 0 bridgehead atoms. The van der Waals surface area contributed by atoms with Crippen LogP contribution in [-0.4, -0.2) is 41.8 Å². The molecule has 2 aliphatic heterocycles. The van der Waals surface area contributed by atoms with Crippen molar-refractivity contribution in [2.75, 3.05) is 26.0 Å². The van der Waals surface area contributed by atoms with Crippen LogP contribution in [0, 0.1) is 5.92 Å². The molecule has 0 N–H and O–H groups in total. The van der Waals surface area contributed by atoms with E-state index in [1.54, 1.807) is 0 Å². The number of ether oxygens (including phenoxy) is 1. The summed E-state index contributed by atoms with van der Waals surface area (Å²) in [5.74, 6) is 2.75. The van der Waals surface area contributed by atoms with Crippen LogP contribution in [0.4, 0.5) is 0 Å². The van der Waals surface area contributed by atoms with Crippen LogP contribution >= 0.6 is 11.8 Å². The summed E-state index contributed by atoms with van der Waals surface area (Å²) in [6.45, 7) is 6.50. The van der Waals surface area contributed by atoms with E-state index >= 15 is 0 Å². The van der Waals surface area contributed by atoms with E-state index in [9.17, 15) is 0 Å². The summed E-state index contributed by atoms with van der Waals surface area (Å²) >= 11 is 1.99. The van der Waals surface area contributed by atoms with Gasteiger partial charge in [-0.15, -0.1) is 6.04 Å². The largest absolute Gasteiger partial charge is 3.00 e. The molecule has 2 atom stereocenters. The van der Waals surface area contributed by atoms with Gasteiger partial charge >= 0.3 is 32.7 Å². The quantitative estimate of drug-likeness (QED) is 0.631. The summed E-state index contributed by atoms with van der Waals surface area (Å²) in [4.78, 5) is 2.42. The first-order valence-electron chi connectivity index (χ1n) is 4.98. The number of rotatable bonds is 0. The van der Waals surface area contributed by atoms with Gasteiger partial charge in [-0.3, -0.25) is 5.92 Å². The van der Waals surface area contributed by atoms with E-state index in [4.69, 9.17) is 4.74 Å². The van der Waals surface area contributed by atoms with Gasteiger partial charge in [-0.25, -0.2) is 0 Å². The van der Waals surface area contributed by atoms with Gasteiger partial charge in [-0.05, 0) is 19.2 Å². The van der Waals surface area contributed by atoms with Crippen molar-refractivity contribution in [3.8, 4) is 0 Å². The average Bonchev–Trinajstić information content (AvgIpc) is 2.33. The number of thioether (sulfide) groups is 1. The summed E-state index contributed by atoms with van der Waals surface area (Å²) in [5.41, 5.74) is 0. The van der Waals surface area contributed by atoms with Crippen molar-refractivity contribution in [1.82, 2.24) is 4.90 Å². The van der Waals surface area contributed by atoms with Gasteiger partial charge in [0, 0.05) is 18.1 Å². The molecule has 0 radical (unpaired) electrons. The minimum Gasteiger partial charge on any atom is -0.395 e. The van der Waals surface area contributed by atoms with Gasteiger partial charge in [0.05, 0.1) is 0 Å². The van der Waals surface area contributed by atoms with E-state index in [1.807, 2.05) is 11.8 Å². The third kappa shape index (κ3) is 2.22. The standard InChI is InChI=1S/C10H18NOS.Y/c1-8-9(2)11(3)7-10(8)12-5-4-6-13-10;/h9H,4-7H2,1-3H3;/q-1;+3. The number of hydrogen-bond acceptors (Lipinski definition) is 3. The minimum absolute atomic E-state index is 0. The molecule has 0 amide bonds. The summed E-state index contributed by atoms with van der Waals surface area (Å²) in [6, 6.07) is 0.575. The molecule has 0 aromatic heterocycles. The molecule has 76 valence electrons. The zero-order chi connectivity index (χ0) is 9.47. The normalized spacial score (nSPS) is 40.1. The number of likely N-dealkylation sites (tertiary alicyclic amines) is 1. The molecule has 1 spiro atoms. The Morgan fingerprint density at radius 3 is 2.71 bits per heavy atom. The Labute approximate surface area is 116 Å². The first kappa shape index (κ1) is 13.4. The molecule has 2 rings (SSSR count). The summed E-state index contributed by atoms with van der Waals surface area (Å²) in [7, 11) is 2.18. The average molecular weight is 289 g/mol. The van der Waals surface area contributed by atoms with Gasteiger partial charge in [0.2, 0.25) is 0 Å². The van der Waals surface area contributed by atoms with Gasteiger partial charge in [-0.2, -0.15) is 18.7 Å². The van der Waals surface area contributed by atoms with Crippen molar-refractivity contribution in [3.05, 3.63) is 5.92 Å². The van der Waals surface area contributed by atoms with Crippen LogP contribution in [-0.2, 0) is 37.4 Å². The van der Waals surface area contributed by atoms with E-state index in [2.05, 4.69) is 25.8 Å². The monoisotopic (exact) mass is 289 g/mol.